The second kappa shape index (κ2) is 10.6. The van der Waals surface area contributed by atoms with E-state index in [-0.39, 0.29) is 23.3 Å². The molecule has 5 rings (SSSR count). The number of hydrogen-bond acceptors (Lipinski definition) is 6. The fraction of sp³-hybridized carbons (Fsp3) is 0.481. The summed E-state index contributed by atoms with van der Waals surface area (Å²) in [6, 6.07) is 13.0. The van der Waals surface area contributed by atoms with Gasteiger partial charge in [0.05, 0.1) is 17.1 Å². The third kappa shape index (κ3) is 5.94. The zero-order valence-corrected chi connectivity index (χ0v) is 22.6. The van der Waals surface area contributed by atoms with Gasteiger partial charge in [0, 0.05) is 68.6 Å². The van der Waals surface area contributed by atoms with E-state index in [0.29, 0.717) is 67.3 Å². The van der Waals surface area contributed by atoms with Gasteiger partial charge in [0.15, 0.2) is 9.84 Å². The molecule has 2 aromatic carbocycles. The Kier molecular flexibility index (Phi) is 7.47. The van der Waals surface area contributed by atoms with Crippen molar-refractivity contribution >= 4 is 44.6 Å². The van der Waals surface area contributed by atoms with Gasteiger partial charge >= 0.3 is 0 Å². The maximum absolute atomic E-state index is 13.5. The molecule has 10 heteroatoms. The minimum absolute atomic E-state index is 0.0149. The second-order valence-corrected chi connectivity index (χ2v) is 13.1. The Balaban J connectivity index is 1.13. The first-order valence-corrected chi connectivity index (χ1v) is 15.0. The number of carbonyl (C=O) groups excluding carboxylic acids is 2. The van der Waals surface area contributed by atoms with Crippen LogP contribution in [0.2, 0.25) is 5.02 Å². The summed E-state index contributed by atoms with van der Waals surface area (Å²) in [5.41, 5.74) is 3.15. The van der Waals surface area contributed by atoms with Crippen molar-refractivity contribution in [3.05, 3.63) is 58.6 Å². The Morgan fingerprint density at radius 2 is 1.68 bits per heavy atom. The van der Waals surface area contributed by atoms with Crippen molar-refractivity contribution in [2.75, 3.05) is 67.5 Å². The number of amides is 2. The highest BCUT2D eigenvalue weighted by molar-refractivity contribution is 7.91. The first kappa shape index (κ1) is 26.0. The molecule has 0 spiro atoms. The first-order valence-electron chi connectivity index (χ1n) is 12.8. The van der Waals surface area contributed by atoms with Crippen LogP contribution in [0, 0.1) is 18.8 Å². The summed E-state index contributed by atoms with van der Waals surface area (Å²) in [7, 11) is -2.99. The number of aryl methyl sites for hydroxylation is 1. The van der Waals surface area contributed by atoms with Crippen LogP contribution in [-0.4, -0.2) is 87.4 Å². The number of fused-ring (bicyclic) bond motifs is 1. The largest absolute Gasteiger partial charge is 0.369 e. The number of anilines is 2. The van der Waals surface area contributed by atoms with Crippen molar-refractivity contribution < 1.29 is 18.0 Å². The summed E-state index contributed by atoms with van der Waals surface area (Å²) in [5, 5.41) is 3.56. The quantitative estimate of drug-likeness (QED) is 0.601. The lowest BCUT2D eigenvalue weighted by Crippen LogP contribution is -2.41. The van der Waals surface area contributed by atoms with Crippen molar-refractivity contribution in [3.63, 3.8) is 0 Å². The highest BCUT2D eigenvalue weighted by atomic mass is 35.5. The monoisotopic (exact) mass is 544 g/mol. The highest BCUT2D eigenvalue weighted by Crippen LogP contribution is 2.33. The average Bonchev–Trinajstić information content (AvgIpc) is 3.44. The predicted molar refractivity (Wildman–Crippen MR) is 146 cm³/mol. The van der Waals surface area contributed by atoms with Crippen molar-refractivity contribution in [1.29, 1.82) is 0 Å². The molecule has 0 aliphatic carbocycles. The van der Waals surface area contributed by atoms with E-state index in [1.54, 1.807) is 6.07 Å². The van der Waals surface area contributed by atoms with Crippen molar-refractivity contribution in [3.8, 4) is 0 Å². The van der Waals surface area contributed by atoms with Gasteiger partial charge in [-0.1, -0.05) is 29.8 Å². The molecule has 3 aliphatic rings. The lowest BCUT2D eigenvalue weighted by molar-refractivity contribution is -0.116. The third-order valence-corrected chi connectivity index (χ3v) is 9.80. The van der Waals surface area contributed by atoms with Gasteiger partial charge in [-0.05, 0) is 48.6 Å². The molecule has 3 saturated heterocycles. The molecule has 0 aromatic heterocycles. The summed E-state index contributed by atoms with van der Waals surface area (Å²) in [6.45, 7) is 6.61. The molecule has 2 aromatic rings. The summed E-state index contributed by atoms with van der Waals surface area (Å²) >= 11 is 6.15. The molecule has 1 N–H and O–H groups in total. The minimum Gasteiger partial charge on any atom is -0.369 e. The Hall–Kier alpha value is -2.62. The molecule has 2 atom stereocenters. The van der Waals surface area contributed by atoms with Gasteiger partial charge in [0.25, 0.3) is 5.91 Å². The summed E-state index contributed by atoms with van der Waals surface area (Å²) < 4.78 is 23.7. The van der Waals surface area contributed by atoms with Crippen molar-refractivity contribution in [2.24, 2.45) is 11.8 Å². The molecule has 0 radical (unpaired) electrons. The standard InChI is InChI=1S/C27H33ClN4O4S/c1-19-6-7-22(14-24(19)28)29-26(33)8-9-30-15-20-17-32(18-21(20)16-30)27(34)23-4-2-3-5-25(23)31-10-12-37(35,36)13-11-31/h2-7,14,20-21H,8-13,15-18H2,1H3,(H,29,33). The maximum atomic E-state index is 13.5. The first-order chi connectivity index (χ1) is 17.7. The highest BCUT2D eigenvalue weighted by Gasteiger charge is 2.42. The number of hydrogen-bond donors (Lipinski definition) is 1. The molecule has 3 aliphatic heterocycles. The molecule has 2 amide bonds. The number of para-hydroxylation sites is 1. The van der Waals surface area contributed by atoms with E-state index < -0.39 is 9.84 Å². The summed E-state index contributed by atoms with van der Waals surface area (Å²) in [6.07, 6.45) is 0.409. The second-order valence-electron chi connectivity index (χ2n) is 10.4. The number of benzene rings is 2. The van der Waals surface area contributed by atoms with E-state index >= 15 is 0 Å². The van der Waals surface area contributed by atoms with Gasteiger partial charge in [-0.25, -0.2) is 8.42 Å². The molecule has 37 heavy (non-hydrogen) atoms. The van der Waals surface area contributed by atoms with Crippen LogP contribution in [0.3, 0.4) is 0 Å². The lowest BCUT2D eigenvalue weighted by Gasteiger charge is -2.31. The van der Waals surface area contributed by atoms with Crippen LogP contribution in [0.1, 0.15) is 22.3 Å². The summed E-state index contributed by atoms with van der Waals surface area (Å²) in [4.78, 5) is 32.2. The van der Waals surface area contributed by atoms with Crippen LogP contribution in [0.25, 0.3) is 0 Å². The van der Waals surface area contributed by atoms with Crippen LogP contribution in [0.15, 0.2) is 42.5 Å². The topological polar surface area (TPSA) is 90.0 Å². The Morgan fingerprint density at radius 3 is 2.35 bits per heavy atom. The number of likely N-dealkylation sites (tertiary alicyclic amines) is 2. The maximum Gasteiger partial charge on any atom is 0.255 e. The van der Waals surface area contributed by atoms with Crippen molar-refractivity contribution in [1.82, 2.24) is 9.80 Å². The minimum atomic E-state index is -2.99. The lowest BCUT2D eigenvalue weighted by atomic mass is 10.0. The number of halogens is 1. The van der Waals surface area contributed by atoms with Crippen molar-refractivity contribution in [2.45, 2.75) is 13.3 Å². The number of nitrogens with zero attached hydrogens (tertiary/aromatic N) is 3. The van der Waals surface area contributed by atoms with Gasteiger partial charge in [-0.15, -0.1) is 0 Å². The van der Waals surface area contributed by atoms with Crippen LogP contribution >= 0.6 is 11.6 Å². The average molecular weight is 545 g/mol. The molecule has 0 bridgehead atoms. The fourth-order valence-corrected chi connectivity index (χ4v) is 7.03. The van der Waals surface area contributed by atoms with E-state index in [4.69, 9.17) is 11.6 Å². The third-order valence-electron chi connectivity index (χ3n) is 7.78. The van der Waals surface area contributed by atoms with Gasteiger partial charge in [0.2, 0.25) is 5.91 Å². The van der Waals surface area contributed by atoms with Gasteiger partial charge < -0.3 is 20.0 Å². The van der Waals surface area contributed by atoms with Gasteiger partial charge in [-0.2, -0.15) is 0 Å². The molecule has 2 unspecified atom stereocenters. The number of sulfone groups is 1. The van der Waals surface area contributed by atoms with Crippen LogP contribution in [-0.2, 0) is 14.6 Å². The van der Waals surface area contributed by atoms with Gasteiger partial charge in [0.1, 0.15) is 0 Å². The normalized spacial score (nSPS) is 23.2. The molecule has 8 nitrogen and oxygen atoms in total. The summed E-state index contributed by atoms with van der Waals surface area (Å²) in [5.74, 6) is 1.02. The Labute approximate surface area is 223 Å². The van der Waals surface area contributed by atoms with Crippen LogP contribution in [0.4, 0.5) is 11.4 Å². The van der Waals surface area contributed by atoms with E-state index in [2.05, 4.69) is 10.2 Å². The van der Waals surface area contributed by atoms with E-state index in [1.165, 1.54) is 0 Å². The smallest absolute Gasteiger partial charge is 0.255 e. The SMILES string of the molecule is Cc1ccc(NC(=O)CCN2CC3CN(C(=O)c4ccccc4N4CCS(=O)(=O)CC4)CC3C2)cc1Cl. The number of rotatable bonds is 6. The Bertz CT molecular complexity index is 1270. The number of nitrogens with one attached hydrogen (secondary N) is 1. The molecule has 3 heterocycles. The molecule has 0 saturated carbocycles. The molecular weight excluding hydrogens is 512 g/mol. The molecule has 198 valence electrons. The zero-order valence-electron chi connectivity index (χ0n) is 21.0. The molecular formula is C27H33ClN4O4S. The van der Waals surface area contributed by atoms with Crippen LogP contribution in [0.5, 0.6) is 0 Å². The Morgan fingerprint density at radius 1 is 1.00 bits per heavy atom. The van der Waals surface area contributed by atoms with E-state index in [1.807, 2.05) is 53.1 Å². The predicted octanol–water partition coefficient (Wildman–Crippen LogP) is 2.92. The zero-order chi connectivity index (χ0) is 26.2. The fourth-order valence-electron chi connectivity index (χ4n) is 5.65. The molecule has 3 fully saturated rings. The van der Waals surface area contributed by atoms with Crippen LogP contribution < -0.4 is 10.2 Å². The van der Waals surface area contributed by atoms with E-state index in [0.717, 1.165) is 24.3 Å². The van der Waals surface area contributed by atoms with E-state index in [9.17, 15) is 18.0 Å². The number of carbonyl (C=O) groups is 2. The van der Waals surface area contributed by atoms with Gasteiger partial charge in [-0.3, -0.25) is 9.59 Å².